The third-order valence-electron chi connectivity index (χ3n) is 9.10. The molecular weight excluding hydrogens is 730 g/mol. The minimum atomic E-state index is -4.98. The fourth-order valence-electron chi connectivity index (χ4n) is 6.83. The maximum absolute atomic E-state index is 14.9. The number of aromatic nitrogens is 1. The predicted molar refractivity (Wildman–Crippen MR) is 184 cm³/mol. The topological polar surface area (TPSA) is 105 Å². The Hall–Kier alpha value is -4.51. The Bertz CT molecular complexity index is 1750. The average molecular weight is 771 g/mol. The van der Waals surface area contributed by atoms with E-state index in [4.69, 9.17) is 14.2 Å². The second-order valence-corrected chi connectivity index (χ2v) is 13.4. The van der Waals surface area contributed by atoms with Gasteiger partial charge in [-0.1, -0.05) is 38.1 Å². The molecule has 0 saturated carbocycles. The first kappa shape index (κ1) is 39.7. The Morgan fingerprint density at radius 2 is 1.79 bits per heavy atom. The quantitative estimate of drug-likeness (QED) is 0.152. The monoisotopic (exact) mass is 770 g/mol. The van der Waals surface area contributed by atoms with E-state index in [-0.39, 0.29) is 64.5 Å². The molecule has 4 heterocycles. The van der Waals surface area contributed by atoms with Crippen LogP contribution in [0, 0.1) is 0 Å². The van der Waals surface area contributed by atoms with Gasteiger partial charge >= 0.3 is 12.4 Å². The first-order valence-corrected chi connectivity index (χ1v) is 18.0. The van der Waals surface area contributed by atoms with Crippen LogP contribution in [0.15, 0.2) is 60.6 Å². The molecule has 2 aliphatic rings. The molecule has 0 bridgehead atoms. The smallest absolute Gasteiger partial charge is 0.425 e. The highest BCUT2D eigenvalue weighted by molar-refractivity contribution is 7.10. The highest BCUT2D eigenvalue weighted by Crippen LogP contribution is 2.44. The number of aliphatic hydroxyl groups is 1. The number of ether oxygens (including phenoxy) is 3. The van der Waals surface area contributed by atoms with Crippen LogP contribution in [0.25, 0.3) is 0 Å². The summed E-state index contributed by atoms with van der Waals surface area (Å²) < 4.78 is 102. The number of hydrogen-bond acceptors (Lipinski definition) is 9. The number of piperidine rings is 1. The van der Waals surface area contributed by atoms with Crippen molar-refractivity contribution in [1.29, 1.82) is 0 Å². The number of likely N-dealkylation sites (tertiary alicyclic amines) is 1. The molecule has 53 heavy (non-hydrogen) atoms. The largest absolute Gasteiger partial charge is 0.489 e. The number of amides is 2. The summed E-state index contributed by atoms with van der Waals surface area (Å²) in [6.07, 6.45) is -7.01. The van der Waals surface area contributed by atoms with E-state index in [9.17, 15) is 41.0 Å². The molecule has 3 aromatic rings. The molecule has 1 aromatic carbocycles. The Morgan fingerprint density at radius 1 is 1.06 bits per heavy atom. The number of alkyl halides is 6. The summed E-state index contributed by atoms with van der Waals surface area (Å²) in [5.74, 6) is -1.98. The minimum Gasteiger partial charge on any atom is -0.489 e. The van der Waals surface area contributed by atoms with E-state index in [1.807, 2.05) is 17.0 Å². The maximum Gasteiger partial charge on any atom is 0.425 e. The van der Waals surface area contributed by atoms with Crippen molar-refractivity contribution in [2.24, 2.45) is 0 Å². The molecule has 17 heteroatoms. The van der Waals surface area contributed by atoms with Crippen molar-refractivity contribution in [3.63, 3.8) is 0 Å². The zero-order valence-corrected chi connectivity index (χ0v) is 29.7. The predicted octanol–water partition coefficient (Wildman–Crippen LogP) is 6.69. The molecule has 0 unspecified atom stereocenters. The molecule has 10 nitrogen and oxygen atoms in total. The van der Waals surface area contributed by atoms with Gasteiger partial charge < -0.3 is 34.0 Å². The Kier molecular flexibility index (Phi) is 12.5. The van der Waals surface area contributed by atoms with Crippen LogP contribution in [-0.2, 0) is 17.1 Å². The first-order chi connectivity index (χ1) is 25.2. The van der Waals surface area contributed by atoms with Gasteiger partial charge in [0, 0.05) is 56.8 Å². The van der Waals surface area contributed by atoms with Crippen LogP contribution in [0.4, 0.5) is 32.0 Å². The number of pyridine rings is 1. The van der Waals surface area contributed by atoms with Crippen molar-refractivity contribution in [2.75, 3.05) is 57.4 Å². The molecule has 2 aliphatic heterocycles. The normalized spacial score (nSPS) is 19.5. The van der Waals surface area contributed by atoms with Gasteiger partial charge in [0.2, 0.25) is 11.5 Å². The van der Waals surface area contributed by atoms with E-state index in [0.717, 1.165) is 28.2 Å². The molecule has 0 radical (unpaired) electrons. The molecule has 288 valence electrons. The van der Waals surface area contributed by atoms with Gasteiger partial charge in [0.15, 0.2) is 0 Å². The molecule has 2 saturated heterocycles. The number of carbonyl (C=O) groups is 2. The molecule has 5 rings (SSSR count). The van der Waals surface area contributed by atoms with E-state index in [0.29, 0.717) is 42.7 Å². The van der Waals surface area contributed by atoms with Crippen LogP contribution in [-0.4, -0.2) is 95.9 Å². The Balaban J connectivity index is 1.54. The summed E-state index contributed by atoms with van der Waals surface area (Å²) >= 11 is 0.381. The van der Waals surface area contributed by atoms with E-state index in [2.05, 4.69) is 11.6 Å². The number of thiophene rings is 1. The number of hydrogen-bond donors (Lipinski definition) is 1. The van der Waals surface area contributed by atoms with Crippen LogP contribution < -0.4 is 19.1 Å². The minimum absolute atomic E-state index is 0.0193. The van der Waals surface area contributed by atoms with Gasteiger partial charge in [0.25, 0.3) is 11.8 Å². The van der Waals surface area contributed by atoms with Crippen molar-refractivity contribution in [2.45, 2.75) is 56.6 Å². The summed E-state index contributed by atoms with van der Waals surface area (Å²) in [5.41, 5.74) is -3.36. The van der Waals surface area contributed by atoms with Crippen LogP contribution >= 0.6 is 11.3 Å². The summed E-state index contributed by atoms with van der Waals surface area (Å²) in [5, 5.41) is 10.4. The molecule has 0 aliphatic carbocycles. The van der Waals surface area contributed by atoms with Gasteiger partial charge in [-0.2, -0.15) is 26.3 Å². The van der Waals surface area contributed by atoms with Crippen LogP contribution in [0.2, 0.25) is 0 Å². The number of piperazine rings is 1. The number of carbonyl (C=O) groups excluding carboxylic acids is 2. The SMILES string of the molecule is C=CCOc1nccc(C(F)(F)F)c1C(=O)N1CCC[C@@](Oc2csc(C(F)(F)F)c2)(C(=O)N2CCN(c3ccccc3OCCO)CC2)[C@H]1CCC. The van der Waals surface area contributed by atoms with Crippen LogP contribution in [0.3, 0.4) is 0 Å². The molecule has 2 fully saturated rings. The number of nitrogens with zero attached hydrogens (tertiary/aromatic N) is 4. The fourth-order valence-corrected chi connectivity index (χ4v) is 7.50. The number of aliphatic hydroxyl groups excluding tert-OH is 1. The number of rotatable bonds is 13. The van der Waals surface area contributed by atoms with Gasteiger partial charge in [-0.15, -0.1) is 11.3 Å². The highest BCUT2D eigenvalue weighted by atomic mass is 32.1. The van der Waals surface area contributed by atoms with Crippen molar-refractivity contribution in [1.82, 2.24) is 14.8 Å². The molecular formula is C36H40F6N4O6S. The number of para-hydroxylation sites is 2. The van der Waals surface area contributed by atoms with Gasteiger partial charge in [-0.05, 0) is 31.0 Å². The second kappa shape index (κ2) is 16.7. The van der Waals surface area contributed by atoms with Gasteiger partial charge in [-0.3, -0.25) is 9.59 Å². The second-order valence-electron chi connectivity index (χ2n) is 12.5. The lowest BCUT2D eigenvalue weighted by Crippen LogP contribution is -2.69. The molecule has 2 aromatic heterocycles. The number of benzene rings is 1. The molecule has 2 atom stereocenters. The lowest BCUT2D eigenvalue weighted by atomic mass is 9.79. The molecule has 0 spiro atoms. The fraction of sp³-hybridized carbons (Fsp3) is 0.472. The Labute approximate surface area is 306 Å². The maximum atomic E-state index is 14.9. The Morgan fingerprint density at radius 3 is 2.43 bits per heavy atom. The summed E-state index contributed by atoms with van der Waals surface area (Å²) in [6, 6.07) is 7.47. The van der Waals surface area contributed by atoms with E-state index >= 15 is 0 Å². The van der Waals surface area contributed by atoms with E-state index in [1.54, 1.807) is 19.1 Å². The number of halogens is 6. The van der Waals surface area contributed by atoms with Crippen molar-refractivity contribution < 1.29 is 55.2 Å². The molecule has 2 amide bonds. The third-order valence-corrected chi connectivity index (χ3v) is 10.0. The zero-order valence-electron chi connectivity index (χ0n) is 28.9. The number of anilines is 1. The van der Waals surface area contributed by atoms with Gasteiger partial charge in [-0.25, -0.2) is 4.98 Å². The standard InChI is InChI=1S/C36H40F6N4O6S/c1-3-8-28-34(52-24-22-29(53-23-24)36(40,41)42,33(49)45-17-15-44(16-18-45)26-9-5-6-10-27(26)50-21-19-47)12-7-14-46(28)32(48)30-25(35(37,38)39)11-13-43-31(30)51-20-4-2/h4-6,9-11,13,22-23,28,47H,2-3,7-8,12,14-21H2,1H3/t28-,34+/m1/s1. The summed E-state index contributed by atoms with van der Waals surface area (Å²) in [4.78, 5) is 37.0. The lowest BCUT2D eigenvalue weighted by molar-refractivity contribution is -0.159. The summed E-state index contributed by atoms with van der Waals surface area (Å²) in [7, 11) is 0. The van der Waals surface area contributed by atoms with Gasteiger partial charge in [0.1, 0.15) is 35.2 Å². The van der Waals surface area contributed by atoms with E-state index < -0.39 is 57.7 Å². The van der Waals surface area contributed by atoms with Crippen molar-refractivity contribution in [3.8, 4) is 17.4 Å². The van der Waals surface area contributed by atoms with Crippen molar-refractivity contribution in [3.05, 3.63) is 76.6 Å². The van der Waals surface area contributed by atoms with Crippen LogP contribution in [0.1, 0.15) is 53.4 Å². The van der Waals surface area contributed by atoms with Crippen LogP contribution in [0.5, 0.6) is 17.4 Å². The average Bonchev–Trinajstić information content (AvgIpc) is 3.62. The third kappa shape index (κ3) is 8.67. The van der Waals surface area contributed by atoms with Crippen molar-refractivity contribution >= 4 is 28.8 Å². The highest BCUT2D eigenvalue weighted by Gasteiger charge is 2.56. The first-order valence-electron chi connectivity index (χ1n) is 17.1. The molecule has 1 N–H and O–H groups in total. The zero-order chi connectivity index (χ0) is 38.4. The lowest BCUT2D eigenvalue weighted by Gasteiger charge is -2.51. The van der Waals surface area contributed by atoms with E-state index in [1.165, 1.54) is 11.0 Å². The van der Waals surface area contributed by atoms with Gasteiger partial charge in [0.05, 0.1) is 23.9 Å². The summed E-state index contributed by atoms with van der Waals surface area (Å²) in [6.45, 7) is 5.81.